The third kappa shape index (κ3) is 3.38. The molecule has 2 aromatic rings. The predicted octanol–water partition coefficient (Wildman–Crippen LogP) is 1.79. The second-order valence-electron chi connectivity index (χ2n) is 4.06. The van der Waals surface area contributed by atoms with E-state index in [1.165, 1.54) is 19.5 Å². The number of carbonyl (C=O) groups is 1. The van der Waals surface area contributed by atoms with E-state index in [-0.39, 0.29) is 11.6 Å². The van der Waals surface area contributed by atoms with Gasteiger partial charge < -0.3 is 20.1 Å². The first-order valence-corrected chi connectivity index (χ1v) is 6.21. The summed E-state index contributed by atoms with van der Waals surface area (Å²) in [5, 5.41) is 5.56. The van der Waals surface area contributed by atoms with Gasteiger partial charge in [0.25, 0.3) is 5.91 Å². The zero-order valence-electron chi connectivity index (χ0n) is 12.0. The minimum Gasteiger partial charge on any atom is -0.493 e. The second-order valence-corrected chi connectivity index (χ2v) is 4.06. The van der Waals surface area contributed by atoms with Gasteiger partial charge in [-0.2, -0.15) is 0 Å². The van der Waals surface area contributed by atoms with Crippen LogP contribution in [-0.2, 0) is 0 Å². The van der Waals surface area contributed by atoms with E-state index in [1.54, 1.807) is 32.4 Å². The third-order valence-corrected chi connectivity index (χ3v) is 2.76. The molecule has 0 aliphatic carbocycles. The quantitative estimate of drug-likeness (QED) is 0.872. The first-order chi connectivity index (χ1) is 10.2. The van der Waals surface area contributed by atoms with Crippen LogP contribution in [0, 0.1) is 0 Å². The van der Waals surface area contributed by atoms with Gasteiger partial charge in [-0.15, -0.1) is 0 Å². The second kappa shape index (κ2) is 6.56. The van der Waals surface area contributed by atoms with E-state index in [1.807, 2.05) is 0 Å². The molecule has 0 atom stereocenters. The molecule has 110 valence electrons. The molecule has 0 fully saturated rings. The number of hydrogen-bond acceptors (Lipinski definition) is 6. The van der Waals surface area contributed by atoms with Gasteiger partial charge in [0, 0.05) is 18.8 Å². The largest absolute Gasteiger partial charge is 0.493 e. The molecule has 2 N–H and O–H groups in total. The van der Waals surface area contributed by atoms with Gasteiger partial charge in [0.2, 0.25) is 0 Å². The van der Waals surface area contributed by atoms with Crippen LogP contribution in [0.15, 0.2) is 30.6 Å². The number of methoxy groups -OCH3 is 2. The number of ether oxygens (including phenoxy) is 2. The first-order valence-electron chi connectivity index (χ1n) is 6.21. The summed E-state index contributed by atoms with van der Waals surface area (Å²) in [5.74, 6) is 1.29. The van der Waals surface area contributed by atoms with E-state index >= 15 is 0 Å². The SMILES string of the molecule is CNc1cncc(C(=O)Nc2ccc(OC)c(OC)c2)n1. The molecule has 1 aromatic heterocycles. The Kier molecular flexibility index (Phi) is 4.55. The van der Waals surface area contributed by atoms with E-state index in [9.17, 15) is 4.79 Å². The highest BCUT2D eigenvalue weighted by Gasteiger charge is 2.11. The van der Waals surface area contributed by atoms with Crippen molar-refractivity contribution in [1.82, 2.24) is 9.97 Å². The number of nitrogens with one attached hydrogen (secondary N) is 2. The molecule has 0 unspecified atom stereocenters. The van der Waals surface area contributed by atoms with Crippen molar-refractivity contribution in [3.63, 3.8) is 0 Å². The van der Waals surface area contributed by atoms with Gasteiger partial charge in [-0.05, 0) is 12.1 Å². The number of carbonyl (C=O) groups excluding carboxylic acids is 1. The Morgan fingerprint density at radius 2 is 1.90 bits per heavy atom. The van der Waals surface area contributed by atoms with Crippen molar-refractivity contribution in [2.24, 2.45) is 0 Å². The number of hydrogen-bond donors (Lipinski definition) is 2. The Morgan fingerprint density at radius 3 is 2.57 bits per heavy atom. The van der Waals surface area contributed by atoms with Gasteiger partial charge in [-0.25, -0.2) is 4.98 Å². The van der Waals surface area contributed by atoms with Crippen molar-refractivity contribution in [1.29, 1.82) is 0 Å². The van der Waals surface area contributed by atoms with Crippen LogP contribution in [0.25, 0.3) is 0 Å². The molecule has 1 aromatic carbocycles. The topological polar surface area (TPSA) is 85.4 Å². The maximum absolute atomic E-state index is 12.1. The molecule has 0 saturated carbocycles. The summed E-state index contributed by atoms with van der Waals surface area (Å²) in [6.45, 7) is 0. The number of aromatic nitrogens is 2. The zero-order valence-corrected chi connectivity index (χ0v) is 12.0. The molecule has 2 rings (SSSR count). The summed E-state index contributed by atoms with van der Waals surface area (Å²) in [6, 6.07) is 5.10. The van der Waals surface area contributed by atoms with Crippen molar-refractivity contribution in [3.05, 3.63) is 36.3 Å². The van der Waals surface area contributed by atoms with E-state index in [2.05, 4.69) is 20.6 Å². The normalized spacial score (nSPS) is 9.86. The van der Waals surface area contributed by atoms with E-state index < -0.39 is 0 Å². The molecular formula is C14H16N4O3. The van der Waals surface area contributed by atoms with E-state index in [0.29, 0.717) is 23.0 Å². The lowest BCUT2D eigenvalue weighted by atomic mass is 10.2. The Balaban J connectivity index is 2.19. The van der Waals surface area contributed by atoms with Crippen LogP contribution in [0.2, 0.25) is 0 Å². The number of rotatable bonds is 5. The molecule has 0 spiro atoms. The molecule has 1 heterocycles. The molecule has 7 nitrogen and oxygen atoms in total. The minimum atomic E-state index is -0.355. The van der Waals surface area contributed by atoms with Crippen molar-refractivity contribution in [3.8, 4) is 11.5 Å². The highest BCUT2D eigenvalue weighted by atomic mass is 16.5. The molecule has 7 heteroatoms. The minimum absolute atomic E-state index is 0.219. The van der Waals surface area contributed by atoms with Crippen molar-refractivity contribution in [2.75, 3.05) is 31.9 Å². The molecule has 0 bridgehead atoms. The Labute approximate surface area is 122 Å². The fourth-order valence-electron chi connectivity index (χ4n) is 1.70. The molecule has 0 aliphatic rings. The average Bonchev–Trinajstić information content (AvgIpc) is 2.54. The van der Waals surface area contributed by atoms with Crippen LogP contribution in [0.5, 0.6) is 11.5 Å². The maximum Gasteiger partial charge on any atom is 0.275 e. The van der Waals surface area contributed by atoms with Crippen molar-refractivity contribution < 1.29 is 14.3 Å². The number of benzene rings is 1. The molecule has 0 radical (unpaired) electrons. The van der Waals surface area contributed by atoms with Crippen LogP contribution in [0.1, 0.15) is 10.5 Å². The zero-order chi connectivity index (χ0) is 15.2. The summed E-state index contributed by atoms with van der Waals surface area (Å²) < 4.78 is 10.3. The summed E-state index contributed by atoms with van der Waals surface area (Å²) in [5.41, 5.74) is 0.797. The molecule has 1 amide bonds. The van der Waals surface area contributed by atoms with Crippen LogP contribution in [0.4, 0.5) is 11.5 Å². The highest BCUT2D eigenvalue weighted by Crippen LogP contribution is 2.29. The maximum atomic E-state index is 12.1. The number of nitrogens with zero attached hydrogens (tertiary/aromatic N) is 2. The first kappa shape index (κ1) is 14.6. The van der Waals surface area contributed by atoms with Crippen LogP contribution in [0.3, 0.4) is 0 Å². The van der Waals surface area contributed by atoms with E-state index in [4.69, 9.17) is 9.47 Å². The lowest BCUT2D eigenvalue weighted by Crippen LogP contribution is -2.14. The fourth-order valence-corrected chi connectivity index (χ4v) is 1.70. The molecule has 0 saturated heterocycles. The van der Waals surface area contributed by atoms with Gasteiger partial charge in [0.15, 0.2) is 11.5 Å². The lowest BCUT2D eigenvalue weighted by molar-refractivity contribution is 0.102. The average molecular weight is 288 g/mol. The standard InChI is InChI=1S/C14H16N4O3/c1-15-13-8-16-7-10(18-13)14(19)17-9-4-5-11(20-2)12(6-9)21-3/h4-8H,1-3H3,(H,15,18)(H,17,19). The summed E-state index contributed by atoms with van der Waals surface area (Å²) in [7, 11) is 4.79. The summed E-state index contributed by atoms with van der Waals surface area (Å²) in [4.78, 5) is 20.2. The van der Waals surface area contributed by atoms with Gasteiger partial charge >= 0.3 is 0 Å². The van der Waals surface area contributed by atoms with Crippen molar-refractivity contribution >= 4 is 17.4 Å². The Morgan fingerprint density at radius 1 is 1.14 bits per heavy atom. The third-order valence-electron chi connectivity index (χ3n) is 2.76. The van der Waals surface area contributed by atoms with Gasteiger partial charge in [0.05, 0.1) is 26.6 Å². The monoisotopic (exact) mass is 288 g/mol. The smallest absolute Gasteiger partial charge is 0.275 e. The fraction of sp³-hybridized carbons (Fsp3) is 0.214. The van der Waals surface area contributed by atoms with Gasteiger partial charge in [0.1, 0.15) is 11.5 Å². The lowest BCUT2D eigenvalue weighted by Gasteiger charge is -2.10. The summed E-state index contributed by atoms with van der Waals surface area (Å²) in [6.07, 6.45) is 2.93. The van der Waals surface area contributed by atoms with Crippen molar-refractivity contribution in [2.45, 2.75) is 0 Å². The highest BCUT2D eigenvalue weighted by molar-refractivity contribution is 6.03. The predicted molar refractivity (Wildman–Crippen MR) is 79.1 cm³/mol. The Bertz CT molecular complexity index is 646. The van der Waals surface area contributed by atoms with E-state index in [0.717, 1.165) is 0 Å². The van der Waals surface area contributed by atoms with Crippen LogP contribution < -0.4 is 20.1 Å². The van der Waals surface area contributed by atoms with Crippen LogP contribution in [-0.4, -0.2) is 37.1 Å². The number of amides is 1. The van der Waals surface area contributed by atoms with Gasteiger partial charge in [-0.3, -0.25) is 9.78 Å². The molecule has 21 heavy (non-hydrogen) atoms. The van der Waals surface area contributed by atoms with Crippen LogP contribution >= 0.6 is 0 Å². The molecule has 0 aliphatic heterocycles. The summed E-state index contributed by atoms with van der Waals surface area (Å²) >= 11 is 0. The molecular weight excluding hydrogens is 272 g/mol. The Hall–Kier alpha value is -2.83. The number of anilines is 2. The van der Waals surface area contributed by atoms with Gasteiger partial charge in [-0.1, -0.05) is 0 Å².